The third-order valence-electron chi connectivity index (χ3n) is 2.79. The van der Waals surface area contributed by atoms with E-state index in [0.717, 1.165) is 16.7 Å². The normalized spacial score (nSPS) is 12.6. The number of aliphatic hydroxyl groups excluding tert-OH is 2. The van der Waals surface area contributed by atoms with Crippen LogP contribution in [0.15, 0.2) is 29.0 Å². The average Bonchev–Trinajstić information content (AvgIpc) is 2.87. The van der Waals surface area contributed by atoms with E-state index in [4.69, 9.17) is 16.6 Å². The van der Waals surface area contributed by atoms with Crippen LogP contribution in [-0.4, -0.2) is 22.9 Å². The summed E-state index contributed by atoms with van der Waals surface area (Å²) in [6.07, 6.45) is -0.415. The molecule has 0 spiro atoms. The Bertz CT molecular complexity index is 526. The van der Waals surface area contributed by atoms with Crippen molar-refractivity contribution in [2.75, 3.05) is 18.1 Å². The Morgan fingerprint density at radius 1 is 1.28 bits per heavy atom. The van der Waals surface area contributed by atoms with Gasteiger partial charge in [-0.3, -0.25) is 0 Å². The van der Waals surface area contributed by atoms with Crippen molar-refractivity contribution in [3.05, 3.63) is 34.5 Å². The number of thiophene rings is 1. The van der Waals surface area contributed by atoms with Crippen LogP contribution in [0.25, 0.3) is 11.1 Å². The molecule has 1 aromatic heterocycles. The van der Waals surface area contributed by atoms with E-state index in [9.17, 15) is 5.11 Å². The molecule has 0 bridgehead atoms. The molecule has 0 radical (unpaired) electrons. The van der Waals surface area contributed by atoms with Gasteiger partial charge in [0.2, 0.25) is 0 Å². The summed E-state index contributed by atoms with van der Waals surface area (Å²) in [7, 11) is 0. The lowest BCUT2D eigenvalue weighted by molar-refractivity contribution is 0.0955. The van der Waals surface area contributed by atoms with Gasteiger partial charge < -0.3 is 21.7 Å². The fourth-order valence-electron chi connectivity index (χ4n) is 1.85. The molecule has 1 aromatic carbocycles. The van der Waals surface area contributed by atoms with Gasteiger partial charge in [-0.1, -0.05) is 0 Å². The second-order valence-corrected chi connectivity index (χ2v) is 4.98. The summed E-state index contributed by atoms with van der Waals surface area (Å²) in [5.41, 5.74) is 15.7. The molecule has 0 amide bonds. The lowest BCUT2D eigenvalue weighted by Gasteiger charge is -2.13. The highest BCUT2D eigenvalue weighted by Gasteiger charge is 2.11. The van der Waals surface area contributed by atoms with Gasteiger partial charge in [-0.25, -0.2) is 0 Å². The van der Waals surface area contributed by atoms with Crippen molar-refractivity contribution in [3.8, 4) is 11.1 Å². The van der Waals surface area contributed by atoms with E-state index in [2.05, 4.69) is 0 Å². The summed E-state index contributed by atoms with van der Waals surface area (Å²) < 4.78 is 0. The lowest BCUT2D eigenvalue weighted by atomic mass is 9.99. The zero-order valence-electron chi connectivity index (χ0n) is 9.84. The first-order chi connectivity index (χ1) is 8.61. The molecule has 1 atom stereocenters. The van der Waals surface area contributed by atoms with Crippen molar-refractivity contribution >= 4 is 22.7 Å². The van der Waals surface area contributed by atoms with Crippen molar-refractivity contribution in [2.24, 2.45) is 0 Å². The first-order valence-electron chi connectivity index (χ1n) is 5.61. The van der Waals surface area contributed by atoms with Crippen LogP contribution in [0.1, 0.15) is 5.56 Å². The van der Waals surface area contributed by atoms with E-state index in [-0.39, 0.29) is 6.61 Å². The van der Waals surface area contributed by atoms with E-state index >= 15 is 0 Å². The molecular formula is C13H16N2O2S. The maximum absolute atomic E-state index is 9.47. The molecule has 0 saturated carbocycles. The van der Waals surface area contributed by atoms with Gasteiger partial charge in [0.25, 0.3) is 0 Å². The van der Waals surface area contributed by atoms with Gasteiger partial charge in [0.1, 0.15) is 0 Å². The summed E-state index contributed by atoms with van der Waals surface area (Å²) in [5.74, 6) is 0. The van der Waals surface area contributed by atoms with Crippen LogP contribution in [0.4, 0.5) is 11.4 Å². The van der Waals surface area contributed by atoms with Crippen molar-refractivity contribution in [1.29, 1.82) is 0 Å². The summed E-state index contributed by atoms with van der Waals surface area (Å²) in [4.78, 5) is 0. The Hall–Kier alpha value is -1.56. The average molecular weight is 264 g/mol. The van der Waals surface area contributed by atoms with Crippen LogP contribution in [0.3, 0.4) is 0 Å². The summed E-state index contributed by atoms with van der Waals surface area (Å²) in [5, 5.41) is 22.3. The fraction of sp³-hybridized carbons (Fsp3) is 0.231. The molecular weight excluding hydrogens is 248 g/mol. The van der Waals surface area contributed by atoms with E-state index in [1.54, 1.807) is 17.4 Å². The Morgan fingerprint density at radius 2 is 2.06 bits per heavy atom. The highest BCUT2D eigenvalue weighted by atomic mass is 32.1. The SMILES string of the molecule is Nc1cc(CC(O)CO)cc(-c2ccsc2)c1N. The van der Waals surface area contributed by atoms with E-state index in [1.807, 2.05) is 22.9 Å². The van der Waals surface area contributed by atoms with Crippen LogP contribution in [0, 0.1) is 0 Å². The maximum Gasteiger partial charge on any atom is 0.0811 e. The van der Waals surface area contributed by atoms with Gasteiger partial charge >= 0.3 is 0 Å². The number of hydrogen-bond acceptors (Lipinski definition) is 5. The van der Waals surface area contributed by atoms with E-state index in [0.29, 0.717) is 17.8 Å². The third-order valence-corrected chi connectivity index (χ3v) is 3.47. The number of aliphatic hydroxyl groups is 2. The molecule has 96 valence electrons. The van der Waals surface area contributed by atoms with Crippen molar-refractivity contribution < 1.29 is 10.2 Å². The second kappa shape index (κ2) is 5.39. The van der Waals surface area contributed by atoms with Crippen molar-refractivity contribution in [2.45, 2.75) is 12.5 Å². The molecule has 4 nitrogen and oxygen atoms in total. The molecule has 0 aliphatic carbocycles. The summed E-state index contributed by atoms with van der Waals surface area (Å²) in [6, 6.07) is 5.62. The molecule has 2 aromatic rings. The molecule has 0 aliphatic rings. The standard InChI is InChI=1S/C13H16N2O2S/c14-12-5-8(3-10(17)6-16)4-11(13(12)15)9-1-2-18-7-9/h1-2,4-5,7,10,16-17H,3,6,14-15H2. The monoisotopic (exact) mass is 264 g/mol. The predicted octanol–water partition coefficient (Wildman–Crippen LogP) is 1.48. The molecule has 1 heterocycles. The first-order valence-corrected chi connectivity index (χ1v) is 6.55. The molecule has 0 saturated heterocycles. The van der Waals surface area contributed by atoms with Crippen LogP contribution in [0.2, 0.25) is 0 Å². The Morgan fingerprint density at radius 3 is 2.67 bits per heavy atom. The number of benzene rings is 1. The van der Waals surface area contributed by atoms with Gasteiger partial charge in [-0.2, -0.15) is 11.3 Å². The van der Waals surface area contributed by atoms with Gasteiger partial charge in [-0.05, 0) is 40.1 Å². The Labute approximate surface area is 109 Å². The Balaban J connectivity index is 2.40. The number of nitrogens with two attached hydrogens (primary N) is 2. The van der Waals surface area contributed by atoms with Gasteiger partial charge in [0.15, 0.2) is 0 Å². The number of nitrogen functional groups attached to an aromatic ring is 2. The lowest BCUT2D eigenvalue weighted by Crippen LogP contribution is -2.15. The summed E-state index contributed by atoms with van der Waals surface area (Å²) >= 11 is 1.59. The topological polar surface area (TPSA) is 92.5 Å². The highest BCUT2D eigenvalue weighted by molar-refractivity contribution is 7.08. The van der Waals surface area contributed by atoms with Crippen LogP contribution >= 0.6 is 11.3 Å². The molecule has 0 fully saturated rings. The molecule has 0 aliphatic heterocycles. The smallest absolute Gasteiger partial charge is 0.0811 e. The number of hydrogen-bond donors (Lipinski definition) is 4. The number of anilines is 2. The zero-order valence-corrected chi connectivity index (χ0v) is 10.7. The van der Waals surface area contributed by atoms with Crippen molar-refractivity contribution in [3.63, 3.8) is 0 Å². The van der Waals surface area contributed by atoms with Gasteiger partial charge in [0.05, 0.1) is 24.1 Å². The van der Waals surface area contributed by atoms with Crippen LogP contribution in [-0.2, 0) is 6.42 Å². The zero-order chi connectivity index (χ0) is 13.1. The van der Waals surface area contributed by atoms with E-state index < -0.39 is 6.10 Å². The van der Waals surface area contributed by atoms with Gasteiger partial charge in [-0.15, -0.1) is 0 Å². The molecule has 6 N–H and O–H groups in total. The fourth-order valence-corrected chi connectivity index (χ4v) is 2.50. The first kappa shape index (κ1) is 12.9. The highest BCUT2D eigenvalue weighted by Crippen LogP contribution is 2.33. The maximum atomic E-state index is 9.47. The molecule has 2 rings (SSSR count). The van der Waals surface area contributed by atoms with Crippen molar-refractivity contribution in [1.82, 2.24) is 0 Å². The second-order valence-electron chi connectivity index (χ2n) is 4.20. The van der Waals surface area contributed by atoms with Crippen LogP contribution in [0.5, 0.6) is 0 Å². The third kappa shape index (κ3) is 2.64. The van der Waals surface area contributed by atoms with Gasteiger partial charge in [0, 0.05) is 12.0 Å². The minimum absolute atomic E-state index is 0.266. The number of rotatable bonds is 4. The Kier molecular flexibility index (Phi) is 3.86. The quantitative estimate of drug-likeness (QED) is 0.629. The largest absolute Gasteiger partial charge is 0.397 e. The molecule has 5 heteroatoms. The minimum Gasteiger partial charge on any atom is -0.397 e. The minimum atomic E-state index is -0.775. The predicted molar refractivity (Wildman–Crippen MR) is 75.4 cm³/mol. The molecule has 1 unspecified atom stereocenters. The van der Waals surface area contributed by atoms with Crippen LogP contribution < -0.4 is 11.5 Å². The van der Waals surface area contributed by atoms with E-state index in [1.165, 1.54) is 0 Å². The summed E-state index contributed by atoms with van der Waals surface area (Å²) in [6.45, 7) is -0.266. The molecule has 18 heavy (non-hydrogen) atoms.